The number of carbonyl (C=O) groups excluding carboxylic acids is 1. The number of benzene rings is 1. The molecule has 1 aromatic heterocycles. The lowest BCUT2D eigenvalue weighted by molar-refractivity contribution is -0.109. The van der Waals surface area contributed by atoms with Crippen molar-refractivity contribution >= 4 is 6.41 Å². The Labute approximate surface area is 162 Å². The number of hydrogen-bond acceptors (Lipinski definition) is 6. The summed E-state index contributed by atoms with van der Waals surface area (Å²) in [4.78, 5) is 14.4. The molecule has 1 amide bonds. The monoisotopic (exact) mass is 379 g/mol. The molecular formula is C20H33N3O4. The maximum Gasteiger partial charge on any atom is 0.258 e. The minimum absolute atomic E-state index is 0.0417. The van der Waals surface area contributed by atoms with E-state index in [0.29, 0.717) is 18.8 Å². The molecule has 2 aromatic rings. The van der Waals surface area contributed by atoms with Gasteiger partial charge in [-0.25, -0.2) is 0 Å². The summed E-state index contributed by atoms with van der Waals surface area (Å²) in [6.07, 6.45) is 0.646. The maximum atomic E-state index is 10.3. The molecule has 1 aromatic carbocycles. The second-order valence-corrected chi connectivity index (χ2v) is 7.00. The predicted molar refractivity (Wildman–Crippen MR) is 106 cm³/mol. The summed E-state index contributed by atoms with van der Waals surface area (Å²) in [5.74, 6) is 0.573. The number of nitrogens with one attached hydrogen (secondary N) is 1. The summed E-state index contributed by atoms with van der Waals surface area (Å²) < 4.78 is 9.96. The van der Waals surface area contributed by atoms with Crippen molar-refractivity contribution in [1.82, 2.24) is 15.5 Å². The number of amides is 1. The molecule has 152 valence electrons. The topological polar surface area (TPSA) is 97.5 Å². The van der Waals surface area contributed by atoms with Crippen molar-refractivity contribution in [3.05, 3.63) is 35.7 Å². The maximum absolute atomic E-state index is 10.3. The van der Waals surface area contributed by atoms with Gasteiger partial charge in [0.05, 0.1) is 5.60 Å². The highest BCUT2D eigenvalue weighted by molar-refractivity contribution is 5.56. The molecule has 0 aliphatic rings. The van der Waals surface area contributed by atoms with Crippen LogP contribution in [0.3, 0.4) is 0 Å². The van der Waals surface area contributed by atoms with Gasteiger partial charge >= 0.3 is 0 Å². The summed E-state index contributed by atoms with van der Waals surface area (Å²) in [6.45, 7) is 13.7. The quantitative estimate of drug-likeness (QED) is 0.769. The third-order valence-electron chi connectivity index (χ3n) is 3.14. The number of nitrogens with zero attached hydrogens (tertiary/aromatic N) is 2. The van der Waals surface area contributed by atoms with Gasteiger partial charge in [-0.3, -0.25) is 4.79 Å². The zero-order chi connectivity index (χ0) is 21.1. The van der Waals surface area contributed by atoms with E-state index in [-0.39, 0.29) is 11.5 Å². The van der Waals surface area contributed by atoms with E-state index < -0.39 is 5.60 Å². The highest BCUT2D eigenvalue weighted by Crippen LogP contribution is 2.22. The Kier molecular flexibility index (Phi) is 10.5. The first-order chi connectivity index (χ1) is 12.6. The molecule has 0 aliphatic carbocycles. The lowest BCUT2D eigenvalue weighted by atomic mass is 10.1. The molecule has 0 aliphatic heterocycles. The Morgan fingerprint density at radius 3 is 2.26 bits per heavy atom. The average Bonchev–Trinajstić information content (AvgIpc) is 3.12. The number of methoxy groups -OCH3 is 1. The number of rotatable bonds is 5. The van der Waals surface area contributed by atoms with Crippen LogP contribution in [0.1, 0.15) is 59.9 Å². The molecule has 0 radical (unpaired) electrons. The molecule has 0 saturated carbocycles. The zero-order valence-corrected chi connectivity index (χ0v) is 17.7. The molecule has 7 heteroatoms. The summed E-state index contributed by atoms with van der Waals surface area (Å²) in [5, 5.41) is 16.2. The minimum Gasteiger partial charge on any atom is -0.381 e. The fraction of sp³-hybridized carbons (Fsp3) is 0.550. The van der Waals surface area contributed by atoms with Crippen molar-refractivity contribution in [3.8, 4) is 11.4 Å². The van der Waals surface area contributed by atoms with Crippen LogP contribution in [-0.4, -0.2) is 34.4 Å². The van der Waals surface area contributed by atoms with Crippen LogP contribution >= 0.6 is 0 Å². The average molecular weight is 380 g/mol. The molecule has 2 N–H and O–H groups in total. The number of carbonyl (C=O) groups is 1. The molecule has 0 saturated heterocycles. The minimum atomic E-state index is -1.16. The fourth-order valence-electron chi connectivity index (χ4n) is 1.57. The largest absolute Gasteiger partial charge is 0.381 e. The van der Waals surface area contributed by atoms with Crippen molar-refractivity contribution in [2.75, 3.05) is 7.11 Å². The van der Waals surface area contributed by atoms with Gasteiger partial charge in [0.1, 0.15) is 5.60 Å². The van der Waals surface area contributed by atoms with Crippen LogP contribution in [0.4, 0.5) is 0 Å². The first kappa shape index (κ1) is 24.8. The lowest BCUT2D eigenvalue weighted by Gasteiger charge is -2.14. The highest BCUT2D eigenvalue weighted by atomic mass is 16.5. The van der Waals surface area contributed by atoms with Gasteiger partial charge in [-0.1, -0.05) is 37.2 Å². The van der Waals surface area contributed by atoms with Crippen LogP contribution in [0.5, 0.6) is 0 Å². The molecule has 27 heavy (non-hydrogen) atoms. The van der Waals surface area contributed by atoms with Gasteiger partial charge in [0.2, 0.25) is 12.2 Å². The van der Waals surface area contributed by atoms with E-state index in [4.69, 9.17) is 9.26 Å². The molecule has 2 rings (SSSR count). The second-order valence-electron chi connectivity index (χ2n) is 7.00. The molecule has 0 bridgehead atoms. The normalized spacial score (nSPS) is 10.9. The zero-order valence-electron chi connectivity index (χ0n) is 17.7. The molecular weight excluding hydrogens is 346 g/mol. The van der Waals surface area contributed by atoms with E-state index in [1.165, 1.54) is 0 Å². The Bertz CT molecular complexity index is 670. The summed E-state index contributed by atoms with van der Waals surface area (Å²) >= 11 is 0. The van der Waals surface area contributed by atoms with Crippen molar-refractivity contribution < 1.29 is 19.2 Å². The van der Waals surface area contributed by atoms with Crippen LogP contribution in [0, 0.1) is 0 Å². The molecule has 7 nitrogen and oxygen atoms in total. The van der Waals surface area contributed by atoms with Crippen LogP contribution in [0.2, 0.25) is 0 Å². The van der Waals surface area contributed by atoms with Gasteiger partial charge in [0.25, 0.3) is 5.89 Å². The Balaban J connectivity index is 0.000000722. The van der Waals surface area contributed by atoms with Crippen LogP contribution < -0.4 is 5.32 Å². The fourth-order valence-corrected chi connectivity index (χ4v) is 1.57. The molecule has 1 heterocycles. The van der Waals surface area contributed by atoms with Crippen LogP contribution in [0.15, 0.2) is 28.8 Å². The predicted octanol–water partition coefficient (Wildman–Crippen LogP) is 3.67. The number of aromatic nitrogens is 2. The molecule has 0 atom stereocenters. The van der Waals surface area contributed by atoms with E-state index in [0.717, 1.165) is 11.1 Å². The van der Waals surface area contributed by atoms with Crippen molar-refractivity contribution in [3.63, 3.8) is 0 Å². The van der Waals surface area contributed by atoms with Gasteiger partial charge in [-0.05, 0) is 46.2 Å². The van der Waals surface area contributed by atoms with Gasteiger partial charge in [-0.15, -0.1) is 0 Å². The SMILES string of the molecule is CC.CC(C)(O)c1nc(-c2cccc(CNC=O)c2)no1.COC(C)(C)C. The van der Waals surface area contributed by atoms with Crippen molar-refractivity contribution in [2.45, 2.75) is 66.2 Å². The molecule has 0 fully saturated rings. The number of hydrogen-bond donors (Lipinski definition) is 2. The van der Waals surface area contributed by atoms with Gasteiger partial charge in [0.15, 0.2) is 0 Å². The summed E-state index contributed by atoms with van der Waals surface area (Å²) in [5.41, 5.74) is 0.575. The number of ether oxygens (including phenoxy) is 1. The van der Waals surface area contributed by atoms with Crippen LogP contribution in [0.25, 0.3) is 11.4 Å². The van der Waals surface area contributed by atoms with Crippen molar-refractivity contribution in [1.29, 1.82) is 0 Å². The highest BCUT2D eigenvalue weighted by Gasteiger charge is 2.24. The number of aliphatic hydroxyl groups is 1. The van der Waals surface area contributed by atoms with Crippen LogP contribution in [-0.2, 0) is 21.7 Å². The Morgan fingerprint density at radius 1 is 1.22 bits per heavy atom. The third kappa shape index (κ3) is 9.86. The van der Waals surface area contributed by atoms with Crippen molar-refractivity contribution in [2.24, 2.45) is 0 Å². The first-order valence-electron chi connectivity index (χ1n) is 8.95. The van der Waals surface area contributed by atoms with E-state index >= 15 is 0 Å². The van der Waals surface area contributed by atoms with Gasteiger partial charge in [-0.2, -0.15) is 4.98 Å². The third-order valence-corrected chi connectivity index (χ3v) is 3.14. The lowest BCUT2D eigenvalue weighted by Crippen LogP contribution is -2.15. The summed E-state index contributed by atoms with van der Waals surface area (Å²) in [7, 11) is 1.71. The van der Waals surface area contributed by atoms with E-state index in [9.17, 15) is 9.90 Å². The van der Waals surface area contributed by atoms with E-state index in [1.54, 1.807) is 21.0 Å². The van der Waals surface area contributed by atoms with E-state index in [1.807, 2.05) is 58.9 Å². The Morgan fingerprint density at radius 2 is 1.81 bits per heavy atom. The first-order valence-corrected chi connectivity index (χ1v) is 8.95. The van der Waals surface area contributed by atoms with Gasteiger partial charge in [0, 0.05) is 19.2 Å². The molecule has 0 spiro atoms. The Hall–Kier alpha value is -2.25. The second kappa shape index (κ2) is 11.5. The standard InChI is InChI=1S/C13H15N3O3.C5H12O.C2H6/c1-13(2,18)12-15-11(16-19-12)10-5-3-4-9(6-10)7-14-8-17;1-5(2,3)6-4;1-2/h3-6,8,18H,7H2,1-2H3,(H,14,17);1-4H3;1-2H3. The van der Waals surface area contributed by atoms with Gasteiger partial charge < -0.3 is 19.7 Å². The molecule has 0 unspecified atom stereocenters. The smallest absolute Gasteiger partial charge is 0.258 e. The van der Waals surface area contributed by atoms with E-state index in [2.05, 4.69) is 15.5 Å². The summed E-state index contributed by atoms with van der Waals surface area (Å²) in [6, 6.07) is 7.42.